The summed E-state index contributed by atoms with van der Waals surface area (Å²) < 4.78 is 0. The number of aromatic nitrogens is 2. The number of hydrogen-bond acceptors (Lipinski definition) is 2. The van der Waals surface area contributed by atoms with Gasteiger partial charge in [-0.1, -0.05) is 103 Å². The molecule has 0 aliphatic rings. The van der Waals surface area contributed by atoms with Crippen LogP contribution in [0.25, 0.3) is 66.0 Å². The van der Waals surface area contributed by atoms with E-state index in [1.807, 2.05) is 24.5 Å². The van der Waals surface area contributed by atoms with E-state index < -0.39 is 0 Å². The Labute approximate surface area is 209 Å². The summed E-state index contributed by atoms with van der Waals surface area (Å²) in [5.74, 6) is 0. The van der Waals surface area contributed by atoms with Crippen molar-refractivity contribution in [1.82, 2.24) is 9.97 Å². The Morgan fingerprint density at radius 2 is 0.972 bits per heavy atom. The third-order valence-corrected chi connectivity index (χ3v) is 6.97. The van der Waals surface area contributed by atoms with Gasteiger partial charge >= 0.3 is 0 Å². The van der Waals surface area contributed by atoms with E-state index in [4.69, 9.17) is 4.98 Å². The molecular formula is C34H22N2. The fraction of sp³-hybridized carbons (Fsp3) is 0. The molecule has 0 spiro atoms. The van der Waals surface area contributed by atoms with Crippen molar-refractivity contribution in [3.63, 3.8) is 0 Å². The third kappa shape index (κ3) is 3.27. The van der Waals surface area contributed by atoms with Gasteiger partial charge in [-0.25, -0.2) is 0 Å². The second-order valence-electron chi connectivity index (χ2n) is 9.01. The molecule has 2 nitrogen and oxygen atoms in total. The molecule has 0 unspecified atom stereocenters. The van der Waals surface area contributed by atoms with E-state index >= 15 is 0 Å². The monoisotopic (exact) mass is 458 g/mol. The number of fused-ring (bicyclic) bond motifs is 3. The van der Waals surface area contributed by atoms with E-state index in [1.54, 1.807) is 0 Å². The number of nitrogens with zero attached hydrogens (tertiary/aromatic N) is 2. The molecule has 0 N–H and O–H groups in total. The molecule has 0 aliphatic carbocycles. The highest BCUT2D eigenvalue weighted by atomic mass is 14.7. The van der Waals surface area contributed by atoms with Crippen LogP contribution in [0.1, 0.15) is 0 Å². The Morgan fingerprint density at radius 1 is 0.389 bits per heavy atom. The van der Waals surface area contributed by atoms with Crippen LogP contribution < -0.4 is 0 Å². The molecule has 2 heterocycles. The van der Waals surface area contributed by atoms with Crippen LogP contribution in [0.5, 0.6) is 0 Å². The number of para-hydroxylation sites is 1. The van der Waals surface area contributed by atoms with E-state index in [-0.39, 0.29) is 0 Å². The standard InChI is InChI=1S/C34H22N2/c1-3-13-29-27(11-1)32(28-12-2-4-14-30(28)33(29)31-16-5-6-21-35-31)24-19-17-23(18-20-24)26-15-7-9-25-10-8-22-36-34(25)26/h1-22H. The Morgan fingerprint density at radius 3 is 1.64 bits per heavy atom. The maximum absolute atomic E-state index is 4.72. The molecule has 2 heteroatoms. The molecule has 36 heavy (non-hydrogen) atoms. The van der Waals surface area contributed by atoms with Crippen molar-refractivity contribution in [2.24, 2.45) is 0 Å². The van der Waals surface area contributed by atoms with Crippen molar-refractivity contribution >= 4 is 32.4 Å². The van der Waals surface area contributed by atoms with Gasteiger partial charge in [-0.15, -0.1) is 0 Å². The molecule has 0 fully saturated rings. The molecular weight excluding hydrogens is 436 g/mol. The van der Waals surface area contributed by atoms with Crippen LogP contribution in [0, 0.1) is 0 Å². The van der Waals surface area contributed by atoms with Gasteiger partial charge in [0.15, 0.2) is 0 Å². The van der Waals surface area contributed by atoms with E-state index in [0.29, 0.717) is 0 Å². The Bertz CT molecular complexity index is 1810. The second kappa shape index (κ2) is 8.44. The summed E-state index contributed by atoms with van der Waals surface area (Å²) in [6.07, 6.45) is 3.73. The largest absolute Gasteiger partial charge is 0.256 e. The minimum atomic E-state index is 0.996. The predicted octanol–water partition coefficient (Wildman–Crippen LogP) is 8.94. The first kappa shape index (κ1) is 20.5. The summed E-state index contributed by atoms with van der Waals surface area (Å²) in [5.41, 5.74) is 7.99. The van der Waals surface area contributed by atoms with Crippen molar-refractivity contribution in [2.75, 3.05) is 0 Å². The lowest BCUT2D eigenvalue weighted by atomic mass is 9.87. The van der Waals surface area contributed by atoms with E-state index in [1.165, 1.54) is 43.8 Å². The van der Waals surface area contributed by atoms with Gasteiger partial charge in [0.2, 0.25) is 0 Å². The summed E-state index contributed by atoms with van der Waals surface area (Å²) in [6, 6.07) is 42.9. The normalized spacial score (nSPS) is 11.3. The maximum atomic E-state index is 4.72. The fourth-order valence-corrected chi connectivity index (χ4v) is 5.38. The van der Waals surface area contributed by atoms with Crippen LogP contribution >= 0.6 is 0 Å². The predicted molar refractivity (Wildman–Crippen MR) is 151 cm³/mol. The lowest BCUT2D eigenvalue weighted by molar-refractivity contribution is 1.34. The van der Waals surface area contributed by atoms with E-state index in [0.717, 1.165) is 22.2 Å². The molecule has 7 rings (SSSR count). The lowest BCUT2D eigenvalue weighted by Crippen LogP contribution is -1.92. The van der Waals surface area contributed by atoms with Crippen LogP contribution in [-0.4, -0.2) is 9.97 Å². The van der Waals surface area contributed by atoms with Gasteiger partial charge in [0.1, 0.15) is 0 Å². The Kier molecular flexibility index (Phi) is 4.82. The van der Waals surface area contributed by atoms with Crippen LogP contribution in [0.2, 0.25) is 0 Å². The first-order valence-corrected chi connectivity index (χ1v) is 12.2. The minimum absolute atomic E-state index is 0.996. The van der Waals surface area contributed by atoms with E-state index in [2.05, 4.69) is 114 Å². The number of rotatable bonds is 3. The Hall–Kier alpha value is -4.82. The molecule has 2 aromatic heterocycles. The zero-order chi connectivity index (χ0) is 23.9. The van der Waals surface area contributed by atoms with Crippen LogP contribution in [0.15, 0.2) is 134 Å². The van der Waals surface area contributed by atoms with Gasteiger partial charge < -0.3 is 0 Å². The van der Waals surface area contributed by atoms with Gasteiger partial charge in [-0.05, 0) is 56.4 Å². The first-order chi connectivity index (χ1) is 17.9. The molecule has 0 bridgehead atoms. The molecule has 5 aromatic carbocycles. The molecule has 0 radical (unpaired) electrons. The molecule has 0 amide bonds. The number of benzene rings is 5. The fourth-order valence-electron chi connectivity index (χ4n) is 5.38. The minimum Gasteiger partial charge on any atom is -0.256 e. The van der Waals surface area contributed by atoms with Gasteiger partial charge in [0.25, 0.3) is 0 Å². The summed E-state index contributed by atoms with van der Waals surface area (Å²) in [5, 5.41) is 6.05. The van der Waals surface area contributed by atoms with Crippen molar-refractivity contribution in [1.29, 1.82) is 0 Å². The third-order valence-electron chi connectivity index (χ3n) is 6.97. The van der Waals surface area contributed by atoms with Gasteiger partial charge in [0, 0.05) is 28.9 Å². The summed E-state index contributed by atoms with van der Waals surface area (Å²) in [4.78, 5) is 9.37. The SMILES string of the molecule is c1ccc(-c2c3ccccc3c(-c3ccc(-c4cccc5cccnc45)cc3)c3ccccc23)nc1. The maximum Gasteiger partial charge on any atom is 0.0780 e. The Balaban J connectivity index is 1.47. The van der Waals surface area contributed by atoms with Crippen molar-refractivity contribution in [2.45, 2.75) is 0 Å². The van der Waals surface area contributed by atoms with Gasteiger partial charge in [-0.3, -0.25) is 9.97 Å². The average molecular weight is 459 g/mol. The molecule has 0 aliphatic heterocycles. The summed E-state index contributed by atoms with van der Waals surface area (Å²) in [7, 11) is 0. The van der Waals surface area contributed by atoms with Gasteiger partial charge in [-0.2, -0.15) is 0 Å². The highest BCUT2D eigenvalue weighted by Crippen LogP contribution is 2.43. The van der Waals surface area contributed by atoms with Crippen molar-refractivity contribution in [3.8, 4) is 33.5 Å². The van der Waals surface area contributed by atoms with Crippen LogP contribution in [0.3, 0.4) is 0 Å². The zero-order valence-electron chi connectivity index (χ0n) is 19.6. The number of pyridine rings is 2. The molecule has 0 saturated carbocycles. The quantitative estimate of drug-likeness (QED) is 0.247. The molecule has 0 atom stereocenters. The highest BCUT2D eigenvalue weighted by Gasteiger charge is 2.17. The molecule has 7 aromatic rings. The molecule has 168 valence electrons. The second-order valence-corrected chi connectivity index (χ2v) is 9.01. The van der Waals surface area contributed by atoms with E-state index in [9.17, 15) is 0 Å². The zero-order valence-corrected chi connectivity index (χ0v) is 19.6. The summed E-state index contributed by atoms with van der Waals surface area (Å²) in [6.45, 7) is 0. The van der Waals surface area contributed by atoms with Crippen molar-refractivity contribution < 1.29 is 0 Å². The first-order valence-electron chi connectivity index (χ1n) is 12.2. The molecule has 0 saturated heterocycles. The topological polar surface area (TPSA) is 25.8 Å². The van der Waals surface area contributed by atoms with Crippen LogP contribution in [0.4, 0.5) is 0 Å². The summed E-state index contributed by atoms with van der Waals surface area (Å²) >= 11 is 0. The lowest BCUT2D eigenvalue weighted by Gasteiger charge is -2.17. The average Bonchev–Trinajstić information content (AvgIpc) is 2.96. The van der Waals surface area contributed by atoms with Crippen LogP contribution in [-0.2, 0) is 0 Å². The highest BCUT2D eigenvalue weighted by molar-refractivity contribution is 6.21. The van der Waals surface area contributed by atoms with Crippen molar-refractivity contribution in [3.05, 3.63) is 134 Å². The number of hydrogen-bond donors (Lipinski definition) is 0. The smallest absolute Gasteiger partial charge is 0.0780 e. The van der Waals surface area contributed by atoms with Gasteiger partial charge in [0.05, 0.1) is 11.2 Å².